The number of aromatic nitrogens is 4. The number of carbonyl (C=O) groups excluding carboxylic acids is 1. The molecular weight excluding hydrogens is 354 g/mol. The van der Waals surface area contributed by atoms with Gasteiger partial charge in [-0.1, -0.05) is 6.07 Å². The summed E-state index contributed by atoms with van der Waals surface area (Å²) in [6.45, 7) is 3.60. The Morgan fingerprint density at radius 3 is 2.36 bits per heavy atom. The van der Waals surface area contributed by atoms with Crippen molar-refractivity contribution in [2.45, 2.75) is 6.54 Å². The number of pyridine rings is 2. The number of anilines is 2. The van der Waals surface area contributed by atoms with Gasteiger partial charge in [-0.3, -0.25) is 9.78 Å². The lowest BCUT2D eigenvalue weighted by molar-refractivity contribution is 0.0950. The van der Waals surface area contributed by atoms with Gasteiger partial charge in [-0.2, -0.15) is 0 Å². The molecule has 0 atom stereocenters. The highest BCUT2D eigenvalue weighted by Crippen LogP contribution is 2.17. The molecule has 1 saturated heterocycles. The molecule has 0 bridgehead atoms. The Balaban J connectivity index is 1.37. The molecule has 1 N–H and O–H groups in total. The highest BCUT2D eigenvalue weighted by molar-refractivity contribution is 5.94. The van der Waals surface area contributed by atoms with Gasteiger partial charge in [0.05, 0.1) is 12.2 Å². The van der Waals surface area contributed by atoms with Gasteiger partial charge < -0.3 is 15.1 Å². The van der Waals surface area contributed by atoms with E-state index in [9.17, 15) is 4.79 Å². The van der Waals surface area contributed by atoms with Gasteiger partial charge in [0.15, 0.2) is 0 Å². The molecule has 4 rings (SSSR count). The second-order valence-corrected chi connectivity index (χ2v) is 6.43. The van der Waals surface area contributed by atoms with Crippen molar-refractivity contribution in [3.8, 4) is 0 Å². The first kappa shape index (κ1) is 17.8. The Kier molecular flexibility index (Phi) is 5.37. The normalized spacial score (nSPS) is 14.0. The maximum Gasteiger partial charge on any atom is 0.251 e. The molecule has 1 amide bonds. The van der Waals surface area contributed by atoms with Crippen molar-refractivity contribution in [3.63, 3.8) is 0 Å². The quantitative estimate of drug-likeness (QED) is 0.723. The van der Waals surface area contributed by atoms with Gasteiger partial charge in [0.1, 0.15) is 5.82 Å². The predicted octanol–water partition coefficient (Wildman–Crippen LogP) is 1.52. The Labute approximate surface area is 163 Å². The monoisotopic (exact) mass is 375 g/mol. The third-order valence-corrected chi connectivity index (χ3v) is 4.60. The number of hydrogen-bond donors (Lipinski definition) is 1. The molecular formula is C20H21N7O. The van der Waals surface area contributed by atoms with Gasteiger partial charge in [-0.15, -0.1) is 0 Å². The first-order chi connectivity index (χ1) is 13.8. The maximum absolute atomic E-state index is 12.5. The summed E-state index contributed by atoms with van der Waals surface area (Å²) in [7, 11) is 0. The number of nitrogens with zero attached hydrogens (tertiary/aromatic N) is 6. The first-order valence-electron chi connectivity index (χ1n) is 9.21. The zero-order chi connectivity index (χ0) is 19.2. The predicted molar refractivity (Wildman–Crippen MR) is 106 cm³/mol. The Bertz CT molecular complexity index is 912. The minimum Gasteiger partial charge on any atom is -0.353 e. The summed E-state index contributed by atoms with van der Waals surface area (Å²) >= 11 is 0. The maximum atomic E-state index is 12.5. The number of nitrogens with one attached hydrogen (secondary N) is 1. The van der Waals surface area contributed by atoms with Crippen molar-refractivity contribution in [2.24, 2.45) is 0 Å². The minimum atomic E-state index is -0.134. The average Bonchev–Trinajstić information content (AvgIpc) is 2.79. The Hall–Kier alpha value is -3.55. The van der Waals surface area contributed by atoms with Gasteiger partial charge >= 0.3 is 0 Å². The smallest absolute Gasteiger partial charge is 0.251 e. The van der Waals surface area contributed by atoms with Crippen LogP contribution in [0.15, 0.2) is 61.2 Å². The molecule has 1 aliphatic heterocycles. The Morgan fingerprint density at radius 1 is 0.857 bits per heavy atom. The molecule has 0 radical (unpaired) electrons. The molecule has 0 aliphatic carbocycles. The van der Waals surface area contributed by atoms with Gasteiger partial charge in [-0.25, -0.2) is 15.0 Å². The molecule has 3 aromatic heterocycles. The number of rotatable bonds is 5. The van der Waals surface area contributed by atoms with Gasteiger partial charge in [0.2, 0.25) is 5.95 Å². The van der Waals surface area contributed by atoms with Crippen molar-refractivity contribution in [2.75, 3.05) is 36.0 Å². The molecule has 8 heteroatoms. The molecule has 142 valence electrons. The van der Waals surface area contributed by atoms with Crippen LogP contribution < -0.4 is 15.1 Å². The minimum absolute atomic E-state index is 0.134. The van der Waals surface area contributed by atoms with Crippen LogP contribution in [0.25, 0.3) is 0 Å². The highest BCUT2D eigenvalue weighted by Gasteiger charge is 2.20. The largest absolute Gasteiger partial charge is 0.353 e. The van der Waals surface area contributed by atoms with E-state index in [1.807, 2.05) is 30.3 Å². The molecule has 1 aliphatic rings. The zero-order valence-corrected chi connectivity index (χ0v) is 15.4. The van der Waals surface area contributed by atoms with Crippen LogP contribution in [-0.2, 0) is 6.54 Å². The molecule has 0 aromatic carbocycles. The number of piperazine rings is 1. The van der Waals surface area contributed by atoms with E-state index in [0.29, 0.717) is 12.1 Å². The molecule has 4 heterocycles. The van der Waals surface area contributed by atoms with Gasteiger partial charge in [-0.05, 0) is 30.3 Å². The van der Waals surface area contributed by atoms with Crippen molar-refractivity contribution in [1.82, 2.24) is 25.3 Å². The van der Waals surface area contributed by atoms with E-state index >= 15 is 0 Å². The standard InChI is InChI=1S/C20H21N7O/c28-19(25-15-17-4-1-2-6-21-17)16-5-9-22-18(14-16)26-10-12-27(13-11-26)20-23-7-3-8-24-20/h1-9,14H,10-13,15H2,(H,25,28). The third-order valence-electron chi connectivity index (χ3n) is 4.60. The van der Waals surface area contributed by atoms with Crippen LogP contribution in [0.3, 0.4) is 0 Å². The van der Waals surface area contributed by atoms with Gasteiger partial charge in [0.25, 0.3) is 5.91 Å². The summed E-state index contributed by atoms with van der Waals surface area (Å²) in [6, 6.07) is 11.0. The van der Waals surface area contributed by atoms with Crippen LogP contribution in [0.5, 0.6) is 0 Å². The number of hydrogen-bond acceptors (Lipinski definition) is 7. The van der Waals surface area contributed by atoms with Crippen LogP contribution in [0.1, 0.15) is 16.1 Å². The summed E-state index contributed by atoms with van der Waals surface area (Å²) in [5.74, 6) is 1.42. The van der Waals surface area contributed by atoms with E-state index < -0.39 is 0 Å². The Morgan fingerprint density at radius 2 is 1.61 bits per heavy atom. The van der Waals surface area contributed by atoms with Crippen LogP contribution in [-0.4, -0.2) is 52.0 Å². The van der Waals surface area contributed by atoms with Crippen LogP contribution in [0, 0.1) is 0 Å². The average molecular weight is 375 g/mol. The zero-order valence-electron chi connectivity index (χ0n) is 15.4. The fourth-order valence-corrected chi connectivity index (χ4v) is 3.10. The van der Waals surface area contributed by atoms with Crippen molar-refractivity contribution in [1.29, 1.82) is 0 Å². The van der Waals surface area contributed by atoms with E-state index in [0.717, 1.165) is 43.6 Å². The molecule has 0 spiro atoms. The summed E-state index contributed by atoms with van der Waals surface area (Å²) in [4.78, 5) is 34.1. The van der Waals surface area contributed by atoms with E-state index in [1.54, 1.807) is 30.9 Å². The lowest BCUT2D eigenvalue weighted by atomic mass is 10.2. The van der Waals surface area contributed by atoms with Crippen LogP contribution >= 0.6 is 0 Å². The van der Waals surface area contributed by atoms with E-state index in [1.165, 1.54) is 0 Å². The third kappa shape index (κ3) is 4.22. The summed E-state index contributed by atoms with van der Waals surface area (Å²) < 4.78 is 0. The molecule has 0 saturated carbocycles. The summed E-state index contributed by atoms with van der Waals surface area (Å²) in [6.07, 6.45) is 6.90. The van der Waals surface area contributed by atoms with Crippen molar-refractivity contribution in [3.05, 3.63) is 72.4 Å². The number of amides is 1. The van der Waals surface area contributed by atoms with Crippen LogP contribution in [0.2, 0.25) is 0 Å². The number of carbonyl (C=O) groups is 1. The van der Waals surface area contributed by atoms with E-state index in [4.69, 9.17) is 0 Å². The highest BCUT2D eigenvalue weighted by atomic mass is 16.1. The molecule has 0 unspecified atom stereocenters. The molecule has 28 heavy (non-hydrogen) atoms. The second-order valence-electron chi connectivity index (χ2n) is 6.43. The SMILES string of the molecule is O=C(NCc1ccccn1)c1ccnc(N2CCN(c3ncccn3)CC2)c1. The summed E-state index contributed by atoms with van der Waals surface area (Å²) in [5, 5.41) is 2.90. The topological polar surface area (TPSA) is 87.1 Å². The lowest BCUT2D eigenvalue weighted by Gasteiger charge is -2.35. The first-order valence-corrected chi connectivity index (χ1v) is 9.21. The van der Waals surface area contributed by atoms with Crippen molar-refractivity contribution < 1.29 is 4.79 Å². The fraction of sp³-hybridized carbons (Fsp3) is 0.250. The van der Waals surface area contributed by atoms with Crippen LogP contribution in [0.4, 0.5) is 11.8 Å². The second kappa shape index (κ2) is 8.43. The van der Waals surface area contributed by atoms with Gasteiger partial charge in [0, 0.05) is 56.5 Å². The summed E-state index contributed by atoms with van der Waals surface area (Å²) in [5.41, 5.74) is 1.42. The lowest BCUT2D eigenvalue weighted by Crippen LogP contribution is -2.47. The fourth-order valence-electron chi connectivity index (χ4n) is 3.10. The van der Waals surface area contributed by atoms with E-state index in [2.05, 4.69) is 35.1 Å². The van der Waals surface area contributed by atoms with E-state index in [-0.39, 0.29) is 5.91 Å². The van der Waals surface area contributed by atoms with Crippen molar-refractivity contribution >= 4 is 17.7 Å². The molecule has 8 nitrogen and oxygen atoms in total. The molecule has 3 aromatic rings. The molecule has 1 fully saturated rings.